The standard InChI is InChI=1S/C12H14N2O/c1-2-9(8-13)11(12(14)15)10-6-4-3-5-7-10/h2-7H,1,8,13H2,(H2,14,15). The Labute approximate surface area is 89.1 Å². The van der Waals surface area contributed by atoms with Crippen LogP contribution in [0.15, 0.2) is 48.6 Å². The van der Waals surface area contributed by atoms with Crippen molar-refractivity contribution >= 4 is 11.5 Å². The number of benzene rings is 1. The van der Waals surface area contributed by atoms with E-state index in [9.17, 15) is 4.79 Å². The first kappa shape index (κ1) is 11.2. The van der Waals surface area contributed by atoms with Crippen LogP contribution >= 0.6 is 0 Å². The molecular formula is C12H14N2O. The van der Waals surface area contributed by atoms with Gasteiger partial charge in [0.05, 0.1) is 5.57 Å². The number of carbonyl (C=O) groups excluding carboxylic acids is 1. The number of rotatable bonds is 4. The van der Waals surface area contributed by atoms with E-state index in [2.05, 4.69) is 6.58 Å². The fraction of sp³-hybridized carbons (Fsp3) is 0.0833. The lowest BCUT2D eigenvalue weighted by Gasteiger charge is -2.07. The van der Waals surface area contributed by atoms with Crippen molar-refractivity contribution in [2.45, 2.75) is 0 Å². The average Bonchev–Trinajstić information content (AvgIpc) is 2.26. The van der Waals surface area contributed by atoms with Crippen LogP contribution in [0.4, 0.5) is 0 Å². The molecule has 0 saturated carbocycles. The van der Waals surface area contributed by atoms with Crippen molar-refractivity contribution in [1.29, 1.82) is 0 Å². The number of hydrogen-bond donors (Lipinski definition) is 2. The Hall–Kier alpha value is -1.87. The summed E-state index contributed by atoms with van der Waals surface area (Å²) >= 11 is 0. The highest BCUT2D eigenvalue weighted by Crippen LogP contribution is 2.18. The molecule has 78 valence electrons. The van der Waals surface area contributed by atoms with E-state index in [1.165, 1.54) is 0 Å². The van der Waals surface area contributed by atoms with Gasteiger partial charge in [0.25, 0.3) is 0 Å². The molecule has 0 aliphatic carbocycles. The summed E-state index contributed by atoms with van der Waals surface area (Å²) in [6, 6.07) is 9.20. The highest BCUT2D eigenvalue weighted by atomic mass is 16.1. The average molecular weight is 202 g/mol. The molecule has 0 fully saturated rings. The Morgan fingerprint density at radius 3 is 2.33 bits per heavy atom. The van der Waals surface area contributed by atoms with E-state index >= 15 is 0 Å². The topological polar surface area (TPSA) is 69.1 Å². The fourth-order valence-electron chi connectivity index (χ4n) is 1.38. The van der Waals surface area contributed by atoms with Crippen molar-refractivity contribution < 1.29 is 4.79 Å². The Morgan fingerprint density at radius 1 is 1.33 bits per heavy atom. The first-order valence-electron chi connectivity index (χ1n) is 4.61. The van der Waals surface area contributed by atoms with E-state index in [1.54, 1.807) is 6.08 Å². The quantitative estimate of drug-likeness (QED) is 0.566. The van der Waals surface area contributed by atoms with Crippen LogP contribution in [-0.2, 0) is 4.79 Å². The van der Waals surface area contributed by atoms with Gasteiger partial charge in [-0.1, -0.05) is 43.0 Å². The number of nitrogens with two attached hydrogens (primary N) is 2. The molecule has 0 spiro atoms. The molecule has 1 amide bonds. The molecule has 0 atom stereocenters. The van der Waals surface area contributed by atoms with Gasteiger partial charge in [0, 0.05) is 6.54 Å². The minimum Gasteiger partial charge on any atom is -0.366 e. The minimum atomic E-state index is -0.485. The lowest BCUT2D eigenvalue weighted by atomic mass is 9.99. The molecule has 1 aromatic rings. The number of amides is 1. The maximum atomic E-state index is 11.3. The first-order valence-corrected chi connectivity index (χ1v) is 4.61. The Bertz CT molecular complexity index is 393. The van der Waals surface area contributed by atoms with Gasteiger partial charge < -0.3 is 11.5 Å². The third-order valence-corrected chi connectivity index (χ3v) is 2.10. The fourth-order valence-corrected chi connectivity index (χ4v) is 1.38. The summed E-state index contributed by atoms with van der Waals surface area (Å²) in [4.78, 5) is 11.3. The molecule has 4 N–H and O–H groups in total. The second-order valence-electron chi connectivity index (χ2n) is 3.04. The van der Waals surface area contributed by atoms with Crippen molar-refractivity contribution in [1.82, 2.24) is 0 Å². The van der Waals surface area contributed by atoms with Crippen molar-refractivity contribution in [3.05, 3.63) is 54.1 Å². The third-order valence-electron chi connectivity index (χ3n) is 2.10. The second-order valence-corrected chi connectivity index (χ2v) is 3.04. The van der Waals surface area contributed by atoms with Crippen LogP contribution in [0.3, 0.4) is 0 Å². The van der Waals surface area contributed by atoms with Crippen molar-refractivity contribution in [3.8, 4) is 0 Å². The van der Waals surface area contributed by atoms with Gasteiger partial charge in [-0.05, 0) is 11.1 Å². The van der Waals surface area contributed by atoms with Crippen LogP contribution in [-0.4, -0.2) is 12.5 Å². The van der Waals surface area contributed by atoms with E-state index in [4.69, 9.17) is 11.5 Å². The van der Waals surface area contributed by atoms with Crippen LogP contribution in [0.2, 0.25) is 0 Å². The normalized spacial score (nSPS) is 11.8. The number of primary amides is 1. The molecule has 0 aliphatic heterocycles. The summed E-state index contributed by atoms with van der Waals surface area (Å²) in [7, 11) is 0. The summed E-state index contributed by atoms with van der Waals surface area (Å²) in [5.41, 5.74) is 12.7. The summed E-state index contributed by atoms with van der Waals surface area (Å²) in [5, 5.41) is 0. The summed E-state index contributed by atoms with van der Waals surface area (Å²) in [6.45, 7) is 3.86. The summed E-state index contributed by atoms with van der Waals surface area (Å²) < 4.78 is 0. The Balaban J connectivity index is 3.32. The lowest BCUT2D eigenvalue weighted by Crippen LogP contribution is -2.17. The van der Waals surface area contributed by atoms with Gasteiger partial charge in [-0.3, -0.25) is 4.79 Å². The van der Waals surface area contributed by atoms with E-state index < -0.39 is 5.91 Å². The van der Waals surface area contributed by atoms with Crippen LogP contribution in [0.1, 0.15) is 5.56 Å². The van der Waals surface area contributed by atoms with Gasteiger partial charge in [-0.2, -0.15) is 0 Å². The Kier molecular flexibility index (Phi) is 3.83. The van der Waals surface area contributed by atoms with Crippen molar-refractivity contribution in [2.75, 3.05) is 6.54 Å². The Morgan fingerprint density at radius 2 is 1.93 bits per heavy atom. The summed E-state index contributed by atoms with van der Waals surface area (Å²) in [6.07, 6.45) is 1.56. The zero-order chi connectivity index (χ0) is 11.3. The third kappa shape index (κ3) is 2.54. The van der Waals surface area contributed by atoms with E-state index in [1.807, 2.05) is 30.3 Å². The van der Waals surface area contributed by atoms with Gasteiger partial charge in [-0.25, -0.2) is 0 Å². The van der Waals surface area contributed by atoms with Crippen LogP contribution in [0.5, 0.6) is 0 Å². The molecule has 0 unspecified atom stereocenters. The molecule has 1 aromatic carbocycles. The zero-order valence-corrected chi connectivity index (χ0v) is 8.44. The molecule has 0 bridgehead atoms. The molecule has 0 aromatic heterocycles. The molecule has 0 radical (unpaired) electrons. The molecule has 3 nitrogen and oxygen atoms in total. The van der Waals surface area contributed by atoms with E-state index in [-0.39, 0.29) is 6.54 Å². The molecule has 15 heavy (non-hydrogen) atoms. The van der Waals surface area contributed by atoms with Gasteiger partial charge in [0.15, 0.2) is 0 Å². The molecule has 0 heterocycles. The smallest absolute Gasteiger partial charge is 0.249 e. The van der Waals surface area contributed by atoms with Crippen LogP contribution in [0, 0.1) is 0 Å². The SMILES string of the molecule is C=CC(CN)=C(C(N)=O)c1ccccc1. The highest BCUT2D eigenvalue weighted by Gasteiger charge is 2.11. The van der Waals surface area contributed by atoms with Crippen LogP contribution < -0.4 is 11.5 Å². The van der Waals surface area contributed by atoms with Gasteiger partial charge in [0.2, 0.25) is 5.91 Å². The largest absolute Gasteiger partial charge is 0.366 e. The minimum absolute atomic E-state index is 0.247. The molecule has 3 heteroatoms. The monoisotopic (exact) mass is 202 g/mol. The maximum Gasteiger partial charge on any atom is 0.249 e. The zero-order valence-electron chi connectivity index (χ0n) is 8.44. The van der Waals surface area contributed by atoms with Gasteiger partial charge in [0.1, 0.15) is 0 Å². The maximum absolute atomic E-state index is 11.3. The van der Waals surface area contributed by atoms with Crippen molar-refractivity contribution in [3.63, 3.8) is 0 Å². The molecule has 1 rings (SSSR count). The molecule has 0 saturated heterocycles. The highest BCUT2D eigenvalue weighted by molar-refractivity contribution is 6.20. The van der Waals surface area contributed by atoms with Crippen molar-refractivity contribution in [2.24, 2.45) is 11.5 Å². The van der Waals surface area contributed by atoms with Gasteiger partial charge in [-0.15, -0.1) is 0 Å². The predicted molar refractivity (Wildman–Crippen MR) is 61.8 cm³/mol. The van der Waals surface area contributed by atoms with E-state index in [0.717, 1.165) is 5.56 Å². The molecular weight excluding hydrogens is 188 g/mol. The predicted octanol–water partition coefficient (Wildman–Crippen LogP) is 1.07. The number of hydrogen-bond acceptors (Lipinski definition) is 2. The van der Waals surface area contributed by atoms with E-state index in [0.29, 0.717) is 11.1 Å². The summed E-state index contributed by atoms with van der Waals surface area (Å²) in [5.74, 6) is -0.485. The number of carbonyl (C=O) groups is 1. The van der Waals surface area contributed by atoms with Gasteiger partial charge >= 0.3 is 0 Å². The first-order chi connectivity index (χ1) is 7.20. The van der Waals surface area contributed by atoms with Crippen LogP contribution in [0.25, 0.3) is 5.57 Å². The lowest BCUT2D eigenvalue weighted by molar-refractivity contribution is -0.112. The molecule has 0 aliphatic rings. The second kappa shape index (κ2) is 5.12.